The second-order valence-electron chi connectivity index (χ2n) is 7.84. The van der Waals surface area contributed by atoms with Crippen molar-refractivity contribution >= 4 is 23.5 Å². The minimum Gasteiger partial charge on any atom is -0.335 e. The minimum atomic E-state index is -0.434. The van der Waals surface area contributed by atoms with E-state index in [1.807, 2.05) is 6.07 Å². The lowest BCUT2D eigenvalue weighted by Crippen LogP contribution is -2.43. The second-order valence-corrected chi connectivity index (χ2v) is 7.84. The van der Waals surface area contributed by atoms with Crippen LogP contribution in [0.25, 0.3) is 0 Å². The molecular formula is C22H23N3O3. The lowest BCUT2D eigenvalue weighted by Gasteiger charge is -2.38. The van der Waals surface area contributed by atoms with Crippen molar-refractivity contribution in [2.24, 2.45) is 0 Å². The SMILES string of the molecule is CC1(c2ccccc2)CCC(NC(=O)Nc2ccc3c(c2)C(=O)NC3=O)CC1. The molecule has 2 aromatic rings. The molecule has 1 fully saturated rings. The van der Waals surface area contributed by atoms with E-state index >= 15 is 0 Å². The summed E-state index contributed by atoms with van der Waals surface area (Å²) in [6.07, 6.45) is 3.87. The molecule has 0 bridgehead atoms. The van der Waals surface area contributed by atoms with Crippen molar-refractivity contribution < 1.29 is 14.4 Å². The Morgan fingerprint density at radius 1 is 1.00 bits per heavy atom. The standard InChI is InChI=1S/C22H23N3O3/c1-22(14-5-3-2-4-6-14)11-9-15(10-12-22)23-21(28)24-16-7-8-17-18(13-16)20(27)25-19(17)26/h2-8,13,15H,9-12H2,1H3,(H2,23,24,28)(H,25,26,27). The van der Waals surface area contributed by atoms with Crippen LogP contribution in [-0.4, -0.2) is 23.9 Å². The number of imide groups is 1. The lowest BCUT2D eigenvalue weighted by molar-refractivity contribution is 0.0879. The fraction of sp³-hybridized carbons (Fsp3) is 0.318. The molecule has 6 heteroatoms. The zero-order valence-electron chi connectivity index (χ0n) is 15.7. The molecule has 1 saturated carbocycles. The zero-order chi connectivity index (χ0) is 19.7. The fourth-order valence-electron chi connectivity index (χ4n) is 4.13. The summed E-state index contributed by atoms with van der Waals surface area (Å²) in [5.74, 6) is -0.837. The highest BCUT2D eigenvalue weighted by Crippen LogP contribution is 2.38. The number of nitrogens with one attached hydrogen (secondary N) is 3. The van der Waals surface area contributed by atoms with Gasteiger partial charge in [0.2, 0.25) is 0 Å². The molecule has 1 heterocycles. The number of amides is 4. The maximum absolute atomic E-state index is 12.4. The number of fused-ring (bicyclic) bond motifs is 1. The summed E-state index contributed by atoms with van der Waals surface area (Å²) in [5, 5.41) is 8.04. The fourth-order valence-corrected chi connectivity index (χ4v) is 4.13. The average Bonchev–Trinajstić information content (AvgIpc) is 2.98. The van der Waals surface area contributed by atoms with Crippen molar-refractivity contribution in [3.8, 4) is 0 Å². The molecule has 0 atom stereocenters. The van der Waals surface area contributed by atoms with E-state index in [0.717, 1.165) is 25.7 Å². The first-order valence-electron chi connectivity index (χ1n) is 9.57. The predicted molar refractivity (Wildman–Crippen MR) is 106 cm³/mol. The number of benzene rings is 2. The third kappa shape index (κ3) is 3.50. The number of hydrogen-bond acceptors (Lipinski definition) is 3. The number of urea groups is 1. The highest BCUT2D eigenvalue weighted by Gasteiger charge is 2.33. The molecule has 0 radical (unpaired) electrons. The third-order valence-electron chi connectivity index (χ3n) is 5.89. The molecule has 144 valence electrons. The summed E-state index contributed by atoms with van der Waals surface area (Å²) in [5.41, 5.74) is 2.62. The highest BCUT2D eigenvalue weighted by molar-refractivity contribution is 6.22. The summed E-state index contributed by atoms with van der Waals surface area (Å²) in [4.78, 5) is 35.7. The van der Waals surface area contributed by atoms with Crippen molar-refractivity contribution in [1.82, 2.24) is 10.6 Å². The zero-order valence-corrected chi connectivity index (χ0v) is 15.7. The van der Waals surface area contributed by atoms with Crippen LogP contribution in [-0.2, 0) is 5.41 Å². The number of carbonyl (C=O) groups is 3. The van der Waals surface area contributed by atoms with Crippen molar-refractivity contribution in [2.45, 2.75) is 44.1 Å². The Morgan fingerprint density at radius 2 is 1.68 bits per heavy atom. The monoisotopic (exact) mass is 377 g/mol. The van der Waals surface area contributed by atoms with Gasteiger partial charge in [0.1, 0.15) is 0 Å². The molecule has 2 aromatic carbocycles. The molecule has 3 N–H and O–H groups in total. The van der Waals surface area contributed by atoms with Crippen LogP contribution in [0.15, 0.2) is 48.5 Å². The summed E-state index contributed by atoms with van der Waals surface area (Å²) in [7, 11) is 0. The Morgan fingerprint density at radius 3 is 2.39 bits per heavy atom. The van der Waals surface area contributed by atoms with Gasteiger partial charge < -0.3 is 10.6 Å². The van der Waals surface area contributed by atoms with Crippen LogP contribution >= 0.6 is 0 Å². The van der Waals surface area contributed by atoms with Crippen LogP contribution in [0.1, 0.15) is 58.9 Å². The van der Waals surface area contributed by atoms with Gasteiger partial charge in [-0.25, -0.2) is 4.79 Å². The van der Waals surface area contributed by atoms with Crippen LogP contribution in [0.2, 0.25) is 0 Å². The number of carbonyl (C=O) groups excluding carboxylic acids is 3. The van der Waals surface area contributed by atoms with Gasteiger partial charge in [0.05, 0.1) is 11.1 Å². The smallest absolute Gasteiger partial charge is 0.319 e. The van der Waals surface area contributed by atoms with Gasteiger partial charge in [-0.15, -0.1) is 0 Å². The summed E-state index contributed by atoms with van der Waals surface area (Å²) < 4.78 is 0. The van der Waals surface area contributed by atoms with E-state index in [4.69, 9.17) is 0 Å². The van der Waals surface area contributed by atoms with Crippen molar-refractivity contribution in [3.05, 3.63) is 65.2 Å². The van der Waals surface area contributed by atoms with Gasteiger partial charge in [0.15, 0.2) is 0 Å². The first kappa shape index (κ1) is 18.2. The minimum absolute atomic E-state index is 0.121. The van der Waals surface area contributed by atoms with E-state index in [1.54, 1.807) is 12.1 Å². The Labute approximate surface area is 163 Å². The third-order valence-corrected chi connectivity index (χ3v) is 5.89. The van der Waals surface area contributed by atoms with Gasteiger partial charge in [-0.1, -0.05) is 37.3 Å². The van der Waals surface area contributed by atoms with E-state index < -0.39 is 11.8 Å². The van der Waals surface area contributed by atoms with Crippen LogP contribution < -0.4 is 16.0 Å². The molecule has 0 spiro atoms. The largest absolute Gasteiger partial charge is 0.335 e. The lowest BCUT2D eigenvalue weighted by atomic mass is 9.70. The van der Waals surface area contributed by atoms with Gasteiger partial charge in [0, 0.05) is 11.7 Å². The summed E-state index contributed by atoms with van der Waals surface area (Å²) >= 11 is 0. The molecule has 0 saturated heterocycles. The number of rotatable bonds is 3. The van der Waals surface area contributed by atoms with Crippen LogP contribution in [0.5, 0.6) is 0 Å². The molecule has 2 aliphatic rings. The van der Waals surface area contributed by atoms with Crippen LogP contribution in [0.4, 0.5) is 10.5 Å². The maximum Gasteiger partial charge on any atom is 0.319 e. The molecule has 0 unspecified atom stereocenters. The summed E-state index contributed by atoms with van der Waals surface area (Å²) in [6, 6.07) is 15.1. The van der Waals surface area contributed by atoms with E-state index in [9.17, 15) is 14.4 Å². The highest BCUT2D eigenvalue weighted by atomic mass is 16.2. The van der Waals surface area contributed by atoms with E-state index in [2.05, 4.69) is 47.1 Å². The molecule has 0 aromatic heterocycles. The van der Waals surface area contributed by atoms with Gasteiger partial charge in [-0.3, -0.25) is 14.9 Å². The number of hydrogen-bond donors (Lipinski definition) is 3. The normalized spacial score (nSPS) is 23.7. The average molecular weight is 377 g/mol. The first-order valence-corrected chi connectivity index (χ1v) is 9.57. The molecule has 1 aliphatic heterocycles. The Hall–Kier alpha value is -3.15. The van der Waals surface area contributed by atoms with Gasteiger partial charge in [-0.2, -0.15) is 0 Å². The molecule has 28 heavy (non-hydrogen) atoms. The van der Waals surface area contributed by atoms with E-state index in [1.165, 1.54) is 11.6 Å². The van der Waals surface area contributed by atoms with E-state index in [0.29, 0.717) is 16.8 Å². The molecule has 4 amide bonds. The second kappa shape index (κ2) is 7.11. The Kier molecular flexibility index (Phi) is 4.63. The van der Waals surface area contributed by atoms with Crippen LogP contribution in [0, 0.1) is 0 Å². The molecule has 6 nitrogen and oxygen atoms in total. The predicted octanol–water partition coefficient (Wildman–Crippen LogP) is 3.59. The molecule has 1 aliphatic carbocycles. The topological polar surface area (TPSA) is 87.3 Å². The molecular weight excluding hydrogens is 354 g/mol. The Balaban J connectivity index is 1.34. The van der Waals surface area contributed by atoms with Crippen molar-refractivity contribution in [2.75, 3.05) is 5.32 Å². The van der Waals surface area contributed by atoms with Crippen molar-refractivity contribution in [1.29, 1.82) is 0 Å². The quantitative estimate of drug-likeness (QED) is 0.715. The van der Waals surface area contributed by atoms with Gasteiger partial charge in [-0.05, 0) is 54.9 Å². The molecule has 4 rings (SSSR count). The number of anilines is 1. The Bertz CT molecular complexity index is 931. The summed E-state index contributed by atoms with van der Waals surface area (Å²) in [6.45, 7) is 2.29. The maximum atomic E-state index is 12.4. The first-order chi connectivity index (χ1) is 13.4. The van der Waals surface area contributed by atoms with Gasteiger partial charge in [0.25, 0.3) is 11.8 Å². The van der Waals surface area contributed by atoms with Gasteiger partial charge >= 0.3 is 6.03 Å². The van der Waals surface area contributed by atoms with Crippen LogP contribution in [0.3, 0.4) is 0 Å². The van der Waals surface area contributed by atoms with E-state index in [-0.39, 0.29) is 17.5 Å². The van der Waals surface area contributed by atoms with Crippen molar-refractivity contribution in [3.63, 3.8) is 0 Å².